The minimum atomic E-state index is 0.0893. The van der Waals surface area contributed by atoms with E-state index in [0.717, 1.165) is 24.1 Å². The van der Waals surface area contributed by atoms with Crippen molar-refractivity contribution in [3.63, 3.8) is 0 Å². The summed E-state index contributed by atoms with van der Waals surface area (Å²) in [5.41, 5.74) is 4.31. The molecule has 3 rings (SSSR count). The van der Waals surface area contributed by atoms with Gasteiger partial charge >= 0.3 is 0 Å². The number of benzene rings is 2. The van der Waals surface area contributed by atoms with Crippen LogP contribution in [-0.2, 0) is 18.8 Å². The van der Waals surface area contributed by atoms with Gasteiger partial charge in [-0.2, -0.15) is 0 Å². The molecule has 0 N–H and O–H groups in total. The van der Waals surface area contributed by atoms with E-state index in [0.29, 0.717) is 12.4 Å². The Kier molecular flexibility index (Phi) is 3.75. The number of nitrogens with zero attached hydrogens (tertiary/aromatic N) is 1. The van der Waals surface area contributed by atoms with E-state index in [1.165, 1.54) is 11.1 Å². The molecule has 20 heavy (non-hydrogen) atoms. The highest BCUT2D eigenvalue weighted by Gasteiger charge is 2.21. The van der Waals surface area contributed by atoms with Gasteiger partial charge in [-0.25, -0.2) is 0 Å². The van der Waals surface area contributed by atoms with Crippen molar-refractivity contribution in [2.45, 2.75) is 18.8 Å². The minimum absolute atomic E-state index is 0.0893. The van der Waals surface area contributed by atoms with Crippen molar-refractivity contribution in [2.24, 2.45) is 0 Å². The SMILES string of the molecule is O=C(c1cccc(CCl)c1)N1CCc2ccccc2C1. The van der Waals surface area contributed by atoms with Crippen LogP contribution in [0.3, 0.4) is 0 Å². The van der Waals surface area contributed by atoms with Crippen LogP contribution >= 0.6 is 11.6 Å². The quantitative estimate of drug-likeness (QED) is 0.772. The molecule has 0 atom stereocenters. The summed E-state index contributed by atoms with van der Waals surface area (Å²) in [6, 6.07) is 15.9. The van der Waals surface area contributed by atoms with Crippen molar-refractivity contribution < 1.29 is 4.79 Å². The van der Waals surface area contributed by atoms with Gasteiger partial charge in [0, 0.05) is 24.5 Å². The second-order valence-electron chi connectivity index (χ2n) is 5.08. The molecule has 0 fully saturated rings. The molecule has 102 valence electrons. The summed E-state index contributed by atoms with van der Waals surface area (Å²) in [5.74, 6) is 0.524. The number of alkyl halides is 1. The maximum Gasteiger partial charge on any atom is 0.254 e. The predicted octanol–water partition coefficient (Wildman–Crippen LogP) is 3.62. The van der Waals surface area contributed by atoms with Crippen LogP contribution < -0.4 is 0 Å². The molecule has 1 aliphatic heterocycles. The summed E-state index contributed by atoms with van der Waals surface area (Å²) in [6.45, 7) is 1.47. The summed E-state index contributed by atoms with van der Waals surface area (Å²) in [5, 5.41) is 0. The van der Waals surface area contributed by atoms with E-state index in [4.69, 9.17) is 11.6 Å². The van der Waals surface area contributed by atoms with Crippen LogP contribution in [0.2, 0.25) is 0 Å². The van der Waals surface area contributed by atoms with Gasteiger partial charge in [0.1, 0.15) is 0 Å². The summed E-state index contributed by atoms with van der Waals surface area (Å²) < 4.78 is 0. The fourth-order valence-electron chi connectivity index (χ4n) is 2.64. The molecule has 2 aromatic carbocycles. The Morgan fingerprint density at radius 3 is 2.70 bits per heavy atom. The lowest BCUT2D eigenvalue weighted by atomic mass is 9.99. The van der Waals surface area contributed by atoms with Crippen LogP contribution in [0, 0.1) is 0 Å². The van der Waals surface area contributed by atoms with Gasteiger partial charge in [0.25, 0.3) is 5.91 Å². The first-order chi connectivity index (χ1) is 9.78. The first kappa shape index (κ1) is 13.2. The normalized spacial score (nSPS) is 13.9. The molecule has 1 heterocycles. The zero-order valence-electron chi connectivity index (χ0n) is 11.2. The first-order valence-corrected chi connectivity index (χ1v) is 7.32. The van der Waals surface area contributed by atoms with Crippen molar-refractivity contribution in [3.05, 3.63) is 70.8 Å². The van der Waals surface area contributed by atoms with E-state index in [2.05, 4.69) is 18.2 Å². The molecule has 2 aromatic rings. The lowest BCUT2D eigenvalue weighted by Gasteiger charge is -2.29. The monoisotopic (exact) mass is 285 g/mol. The average molecular weight is 286 g/mol. The van der Waals surface area contributed by atoms with Crippen LogP contribution in [0.15, 0.2) is 48.5 Å². The molecule has 0 aromatic heterocycles. The number of amides is 1. The van der Waals surface area contributed by atoms with Gasteiger partial charge in [-0.1, -0.05) is 36.4 Å². The van der Waals surface area contributed by atoms with Crippen molar-refractivity contribution >= 4 is 17.5 Å². The number of hydrogen-bond donors (Lipinski definition) is 0. The summed E-state index contributed by atoms with van der Waals surface area (Å²) in [7, 11) is 0. The zero-order chi connectivity index (χ0) is 13.9. The Morgan fingerprint density at radius 2 is 1.90 bits per heavy atom. The van der Waals surface area contributed by atoms with E-state index in [9.17, 15) is 4.79 Å². The number of carbonyl (C=O) groups excluding carboxylic acids is 1. The highest BCUT2D eigenvalue weighted by molar-refractivity contribution is 6.17. The van der Waals surface area contributed by atoms with E-state index in [-0.39, 0.29) is 5.91 Å². The molecule has 0 aliphatic carbocycles. The number of halogens is 1. The maximum absolute atomic E-state index is 12.6. The van der Waals surface area contributed by atoms with Crippen LogP contribution in [0.1, 0.15) is 27.0 Å². The van der Waals surface area contributed by atoms with Gasteiger partial charge in [-0.15, -0.1) is 11.6 Å². The number of rotatable bonds is 2. The Hall–Kier alpha value is -1.80. The van der Waals surface area contributed by atoms with E-state index < -0.39 is 0 Å². The molecular weight excluding hydrogens is 270 g/mol. The van der Waals surface area contributed by atoms with Gasteiger partial charge < -0.3 is 4.90 Å². The lowest BCUT2D eigenvalue weighted by Crippen LogP contribution is -2.35. The van der Waals surface area contributed by atoms with Crippen LogP contribution in [-0.4, -0.2) is 17.4 Å². The van der Waals surface area contributed by atoms with Gasteiger partial charge in [0.05, 0.1) is 0 Å². The summed E-state index contributed by atoms with van der Waals surface area (Å²) in [6.07, 6.45) is 0.928. The Labute approximate surface area is 124 Å². The second-order valence-corrected chi connectivity index (χ2v) is 5.35. The molecule has 0 radical (unpaired) electrons. The third-order valence-corrected chi connectivity index (χ3v) is 4.05. The fraction of sp³-hybridized carbons (Fsp3) is 0.235. The van der Waals surface area contributed by atoms with Gasteiger partial charge in [0.2, 0.25) is 0 Å². The van der Waals surface area contributed by atoms with Gasteiger partial charge in [-0.3, -0.25) is 4.79 Å². The van der Waals surface area contributed by atoms with Crippen molar-refractivity contribution in [2.75, 3.05) is 6.54 Å². The Balaban J connectivity index is 1.82. The molecule has 0 saturated heterocycles. The van der Waals surface area contributed by atoms with Crippen LogP contribution in [0.5, 0.6) is 0 Å². The molecule has 1 aliphatic rings. The molecular formula is C17H16ClNO. The average Bonchev–Trinajstić information content (AvgIpc) is 2.53. The van der Waals surface area contributed by atoms with Crippen molar-refractivity contribution in [1.82, 2.24) is 4.90 Å². The van der Waals surface area contributed by atoms with E-state index in [1.54, 1.807) is 0 Å². The van der Waals surface area contributed by atoms with Crippen molar-refractivity contribution in [1.29, 1.82) is 0 Å². The Morgan fingerprint density at radius 1 is 1.10 bits per heavy atom. The predicted molar refractivity (Wildman–Crippen MR) is 80.9 cm³/mol. The van der Waals surface area contributed by atoms with Gasteiger partial charge in [0.15, 0.2) is 0 Å². The maximum atomic E-state index is 12.6. The molecule has 0 bridgehead atoms. The number of carbonyl (C=O) groups is 1. The number of fused-ring (bicyclic) bond motifs is 1. The smallest absolute Gasteiger partial charge is 0.254 e. The topological polar surface area (TPSA) is 20.3 Å². The van der Waals surface area contributed by atoms with E-state index >= 15 is 0 Å². The van der Waals surface area contributed by atoms with Gasteiger partial charge in [-0.05, 0) is 35.2 Å². The molecule has 1 amide bonds. The lowest BCUT2D eigenvalue weighted by molar-refractivity contribution is 0.0734. The molecule has 3 heteroatoms. The third kappa shape index (κ3) is 2.56. The van der Waals surface area contributed by atoms with E-state index in [1.807, 2.05) is 35.2 Å². The largest absolute Gasteiger partial charge is 0.334 e. The molecule has 0 spiro atoms. The fourth-order valence-corrected chi connectivity index (χ4v) is 2.81. The van der Waals surface area contributed by atoms with Crippen LogP contribution in [0.25, 0.3) is 0 Å². The number of hydrogen-bond acceptors (Lipinski definition) is 1. The highest BCUT2D eigenvalue weighted by Crippen LogP contribution is 2.20. The summed E-state index contributed by atoms with van der Waals surface area (Å²) >= 11 is 5.83. The minimum Gasteiger partial charge on any atom is -0.334 e. The van der Waals surface area contributed by atoms with Crippen LogP contribution in [0.4, 0.5) is 0 Å². The zero-order valence-corrected chi connectivity index (χ0v) is 11.9. The molecule has 2 nitrogen and oxygen atoms in total. The second kappa shape index (κ2) is 5.68. The first-order valence-electron chi connectivity index (χ1n) is 6.79. The Bertz CT molecular complexity index is 638. The molecule has 0 unspecified atom stereocenters. The highest BCUT2D eigenvalue weighted by atomic mass is 35.5. The molecule has 0 saturated carbocycles. The van der Waals surface area contributed by atoms with Crippen molar-refractivity contribution in [3.8, 4) is 0 Å². The summed E-state index contributed by atoms with van der Waals surface area (Å²) in [4.78, 5) is 14.5. The third-order valence-electron chi connectivity index (χ3n) is 3.75. The standard InChI is InChI=1S/C17H16ClNO/c18-11-13-4-3-7-15(10-13)17(20)19-9-8-14-5-1-2-6-16(14)12-19/h1-7,10H,8-9,11-12H2.